The van der Waals surface area contributed by atoms with Crippen molar-refractivity contribution >= 4 is 5.97 Å². The highest BCUT2D eigenvalue weighted by Gasteiger charge is 2.28. The highest BCUT2D eigenvalue weighted by molar-refractivity contribution is 5.74. The maximum atomic E-state index is 12.0. The van der Waals surface area contributed by atoms with Crippen molar-refractivity contribution < 1.29 is 14.6 Å². The SMILES string of the molecule is COC(=O)C(CC(C)C)n1ccc2c1CCCC2O. The number of carbonyl (C=O) groups is 1. The zero-order valence-electron chi connectivity index (χ0n) is 11.9. The third-order valence-corrected chi connectivity index (χ3v) is 3.81. The lowest BCUT2D eigenvalue weighted by Gasteiger charge is -2.25. The van der Waals surface area contributed by atoms with Gasteiger partial charge in [0.1, 0.15) is 6.04 Å². The fraction of sp³-hybridized carbons (Fsp3) is 0.667. The second kappa shape index (κ2) is 5.78. The first kappa shape index (κ1) is 14.1. The van der Waals surface area contributed by atoms with Crippen LogP contribution in [0.3, 0.4) is 0 Å². The van der Waals surface area contributed by atoms with Crippen LogP contribution < -0.4 is 0 Å². The second-order valence-electron chi connectivity index (χ2n) is 5.70. The van der Waals surface area contributed by atoms with Crippen molar-refractivity contribution in [1.29, 1.82) is 0 Å². The molecule has 0 radical (unpaired) electrons. The Kier molecular flexibility index (Phi) is 4.30. The van der Waals surface area contributed by atoms with Gasteiger partial charge < -0.3 is 14.4 Å². The summed E-state index contributed by atoms with van der Waals surface area (Å²) in [6, 6.07) is 1.66. The van der Waals surface area contributed by atoms with Crippen LogP contribution in [0.15, 0.2) is 12.3 Å². The molecular weight excluding hydrogens is 242 g/mol. The summed E-state index contributed by atoms with van der Waals surface area (Å²) >= 11 is 0. The molecule has 4 nitrogen and oxygen atoms in total. The number of esters is 1. The molecule has 1 aromatic heterocycles. The van der Waals surface area contributed by atoms with Crippen LogP contribution in [0.5, 0.6) is 0 Å². The third-order valence-electron chi connectivity index (χ3n) is 3.81. The van der Waals surface area contributed by atoms with Crippen molar-refractivity contribution in [3.8, 4) is 0 Å². The van der Waals surface area contributed by atoms with Crippen molar-refractivity contribution in [1.82, 2.24) is 4.57 Å². The first-order chi connectivity index (χ1) is 9.04. The van der Waals surface area contributed by atoms with Gasteiger partial charge in [-0.05, 0) is 37.7 Å². The van der Waals surface area contributed by atoms with Crippen LogP contribution >= 0.6 is 0 Å². The third kappa shape index (κ3) is 2.84. The Labute approximate surface area is 114 Å². The molecule has 0 aromatic carbocycles. The first-order valence-electron chi connectivity index (χ1n) is 7.00. The molecule has 0 fully saturated rings. The Morgan fingerprint density at radius 2 is 2.32 bits per heavy atom. The predicted octanol–water partition coefficient (Wildman–Crippen LogP) is 2.62. The minimum absolute atomic E-state index is 0.202. The topological polar surface area (TPSA) is 51.5 Å². The van der Waals surface area contributed by atoms with E-state index in [9.17, 15) is 9.90 Å². The summed E-state index contributed by atoms with van der Waals surface area (Å²) < 4.78 is 6.94. The average Bonchev–Trinajstić information content (AvgIpc) is 2.80. The maximum Gasteiger partial charge on any atom is 0.328 e. The predicted molar refractivity (Wildman–Crippen MR) is 72.8 cm³/mol. The van der Waals surface area contributed by atoms with E-state index in [0.29, 0.717) is 5.92 Å². The Hall–Kier alpha value is -1.29. The summed E-state index contributed by atoms with van der Waals surface area (Å²) in [5, 5.41) is 10.0. The van der Waals surface area contributed by atoms with E-state index >= 15 is 0 Å². The Balaban J connectivity index is 2.34. The number of fused-ring (bicyclic) bond motifs is 1. The second-order valence-corrected chi connectivity index (χ2v) is 5.70. The molecule has 2 unspecified atom stereocenters. The molecule has 0 aliphatic heterocycles. The highest BCUT2D eigenvalue weighted by atomic mass is 16.5. The molecule has 1 heterocycles. The minimum Gasteiger partial charge on any atom is -0.467 e. The van der Waals surface area contributed by atoms with Crippen LogP contribution in [-0.2, 0) is 16.0 Å². The molecule has 1 aromatic rings. The standard InChI is InChI=1S/C15H23NO3/c1-10(2)9-13(15(18)19-3)16-8-7-11-12(16)5-4-6-14(11)17/h7-8,10,13-14,17H,4-6,9H2,1-3H3. The van der Waals surface area contributed by atoms with E-state index in [0.717, 1.165) is 36.9 Å². The van der Waals surface area contributed by atoms with E-state index in [1.54, 1.807) is 0 Å². The summed E-state index contributed by atoms with van der Waals surface area (Å²) in [6.45, 7) is 4.20. The molecule has 0 saturated heterocycles. The number of aliphatic hydroxyl groups excluding tert-OH is 1. The van der Waals surface area contributed by atoms with Crippen molar-refractivity contribution in [2.75, 3.05) is 7.11 Å². The molecule has 2 atom stereocenters. The molecule has 0 spiro atoms. The Bertz CT molecular complexity index is 450. The van der Waals surface area contributed by atoms with Crippen molar-refractivity contribution in [3.05, 3.63) is 23.5 Å². The van der Waals surface area contributed by atoms with E-state index in [1.165, 1.54) is 7.11 Å². The molecule has 0 bridgehead atoms. The van der Waals surface area contributed by atoms with E-state index in [2.05, 4.69) is 13.8 Å². The van der Waals surface area contributed by atoms with Gasteiger partial charge >= 0.3 is 5.97 Å². The van der Waals surface area contributed by atoms with Crippen molar-refractivity contribution in [2.24, 2.45) is 5.92 Å². The molecule has 4 heteroatoms. The Morgan fingerprint density at radius 1 is 1.58 bits per heavy atom. The number of aromatic nitrogens is 1. The number of ether oxygens (including phenoxy) is 1. The van der Waals surface area contributed by atoms with Gasteiger partial charge in [0.2, 0.25) is 0 Å². The van der Waals surface area contributed by atoms with Crippen LogP contribution in [0.2, 0.25) is 0 Å². The Morgan fingerprint density at radius 3 is 2.95 bits per heavy atom. The van der Waals surface area contributed by atoms with E-state index in [-0.39, 0.29) is 18.1 Å². The van der Waals surface area contributed by atoms with Gasteiger partial charge in [0.15, 0.2) is 0 Å². The van der Waals surface area contributed by atoms with Gasteiger partial charge in [-0.15, -0.1) is 0 Å². The average molecular weight is 265 g/mol. The van der Waals surface area contributed by atoms with Gasteiger partial charge in [-0.2, -0.15) is 0 Å². The normalized spacial score (nSPS) is 20.2. The number of rotatable bonds is 4. The highest BCUT2D eigenvalue weighted by Crippen LogP contribution is 2.33. The smallest absolute Gasteiger partial charge is 0.328 e. The van der Waals surface area contributed by atoms with E-state index < -0.39 is 0 Å². The largest absolute Gasteiger partial charge is 0.467 e. The molecule has 2 rings (SSSR count). The van der Waals surface area contributed by atoms with E-state index in [4.69, 9.17) is 4.74 Å². The lowest BCUT2D eigenvalue weighted by Crippen LogP contribution is -2.25. The van der Waals surface area contributed by atoms with Gasteiger partial charge in [-0.1, -0.05) is 13.8 Å². The fourth-order valence-electron chi connectivity index (χ4n) is 2.89. The molecule has 0 saturated carbocycles. The number of hydrogen-bond acceptors (Lipinski definition) is 3. The van der Waals surface area contributed by atoms with Crippen LogP contribution in [-0.4, -0.2) is 22.8 Å². The quantitative estimate of drug-likeness (QED) is 0.851. The zero-order chi connectivity index (χ0) is 14.0. The minimum atomic E-state index is -0.387. The monoisotopic (exact) mass is 265 g/mol. The van der Waals surface area contributed by atoms with Crippen LogP contribution in [0.4, 0.5) is 0 Å². The molecule has 0 amide bonds. The summed E-state index contributed by atoms with van der Waals surface area (Å²) in [4.78, 5) is 12.0. The fourth-order valence-corrected chi connectivity index (χ4v) is 2.89. The lowest BCUT2D eigenvalue weighted by molar-refractivity contribution is -0.145. The molecule has 106 valence electrons. The number of aliphatic hydroxyl groups is 1. The summed E-state index contributed by atoms with van der Waals surface area (Å²) in [5.41, 5.74) is 2.07. The van der Waals surface area contributed by atoms with Gasteiger partial charge in [0.05, 0.1) is 13.2 Å². The van der Waals surface area contributed by atoms with Crippen molar-refractivity contribution in [2.45, 2.75) is 51.7 Å². The van der Waals surface area contributed by atoms with Crippen LogP contribution in [0, 0.1) is 5.92 Å². The molecule has 1 N–H and O–H groups in total. The zero-order valence-corrected chi connectivity index (χ0v) is 11.9. The summed E-state index contributed by atoms with van der Waals surface area (Å²) in [6.07, 6.45) is 4.98. The number of hydrogen-bond donors (Lipinski definition) is 1. The first-order valence-corrected chi connectivity index (χ1v) is 7.00. The molecule has 1 aliphatic rings. The van der Waals surface area contributed by atoms with E-state index in [1.807, 2.05) is 16.8 Å². The summed E-state index contributed by atoms with van der Waals surface area (Å²) in [5.74, 6) is 0.211. The van der Waals surface area contributed by atoms with Crippen LogP contribution in [0.1, 0.15) is 56.5 Å². The van der Waals surface area contributed by atoms with Crippen molar-refractivity contribution in [3.63, 3.8) is 0 Å². The molecule has 1 aliphatic carbocycles. The molecule has 19 heavy (non-hydrogen) atoms. The maximum absolute atomic E-state index is 12.0. The molecular formula is C15H23NO3. The lowest BCUT2D eigenvalue weighted by atomic mass is 9.94. The number of carbonyl (C=O) groups excluding carboxylic acids is 1. The van der Waals surface area contributed by atoms with Gasteiger partial charge in [0.25, 0.3) is 0 Å². The van der Waals surface area contributed by atoms with Gasteiger partial charge in [-0.25, -0.2) is 4.79 Å². The number of methoxy groups -OCH3 is 1. The van der Waals surface area contributed by atoms with Gasteiger partial charge in [0, 0.05) is 17.5 Å². The summed E-state index contributed by atoms with van der Waals surface area (Å²) in [7, 11) is 1.43. The van der Waals surface area contributed by atoms with Gasteiger partial charge in [-0.3, -0.25) is 0 Å². The number of nitrogens with zero attached hydrogens (tertiary/aromatic N) is 1. The van der Waals surface area contributed by atoms with Crippen LogP contribution in [0.25, 0.3) is 0 Å².